The zero-order chi connectivity index (χ0) is 31.2. The van der Waals surface area contributed by atoms with Crippen LogP contribution in [0.1, 0.15) is 111 Å². The molecular weight excluding hydrogens is 548 g/mol. The Morgan fingerprint density at radius 2 is 1.84 bits per heavy atom. The maximum absolute atomic E-state index is 12.8. The van der Waals surface area contributed by atoms with Gasteiger partial charge in [0.2, 0.25) is 0 Å². The first kappa shape index (κ1) is 31.4. The van der Waals surface area contributed by atoms with Crippen molar-refractivity contribution < 1.29 is 18.7 Å². The van der Waals surface area contributed by atoms with Gasteiger partial charge in [-0.3, -0.25) is 0 Å². The van der Waals surface area contributed by atoms with Crippen molar-refractivity contribution in [3.8, 4) is 5.75 Å². The number of carbonyl (C=O) groups excluding carboxylic acids is 1. The van der Waals surface area contributed by atoms with Gasteiger partial charge in [0.1, 0.15) is 17.4 Å². The summed E-state index contributed by atoms with van der Waals surface area (Å²) in [5.74, 6) is 5.10. The number of benzene rings is 1. The van der Waals surface area contributed by atoms with E-state index in [0.29, 0.717) is 16.7 Å². The maximum Gasteiger partial charge on any atom is 0.344 e. The molecule has 0 aliphatic heterocycles. The van der Waals surface area contributed by atoms with Crippen molar-refractivity contribution in [2.45, 2.75) is 118 Å². The average molecular weight is 603 g/mol. The second-order valence-corrected chi connectivity index (χ2v) is 15.8. The average Bonchev–Trinajstić information content (AvgIpc) is 3.33. The van der Waals surface area contributed by atoms with Crippen LogP contribution in [0.3, 0.4) is 0 Å². The highest BCUT2D eigenvalue weighted by Crippen LogP contribution is 2.67. The number of aryl methyl sites for hydroxylation is 1. The molecular formula is C39H54O5. The van der Waals surface area contributed by atoms with E-state index in [1.807, 2.05) is 13.0 Å². The van der Waals surface area contributed by atoms with Gasteiger partial charge >= 0.3 is 11.6 Å². The molecule has 0 bridgehead atoms. The predicted molar refractivity (Wildman–Crippen MR) is 176 cm³/mol. The van der Waals surface area contributed by atoms with Crippen LogP contribution in [0.4, 0.5) is 0 Å². The van der Waals surface area contributed by atoms with Crippen LogP contribution in [0.25, 0.3) is 11.0 Å². The second kappa shape index (κ2) is 12.3. The third-order valence-electron chi connectivity index (χ3n) is 12.8. The molecule has 5 nitrogen and oxygen atoms in total. The summed E-state index contributed by atoms with van der Waals surface area (Å²) in [6, 6.07) is 6.80. The van der Waals surface area contributed by atoms with Gasteiger partial charge in [0, 0.05) is 23.9 Å². The fraction of sp³-hybridized carbons (Fsp3) is 0.692. The molecule has 6 rings (SSSR count). The lowest BCUT2D eigenvalue weighted by molar-refractivity contribution is -0.153. The molecule has 2 aromatic rings. The summed E-state index contributed by atoms with van der Waals surface area (Å²) in [7, 11) is 0. The highest BCUT2D eigenvalue weighted by Gasteiger charge is 2.59. The molecule has 1 aromatic heterocycles. The first-order chi connectivity index (χ1) is 21.0. The Morgan fingerprint density at radius 1 is 1.02 bits per heavy atom. The fourth-order valence-corrected chi connectivity index (χ4v) is 10.5. The minimum absolute atomic E-state index is 0.0874. The summed E-state index contributed by atoms with van der Waals surface area (Å²) in [5, 5.41) is 0.856. The summed E-state index contributed by atoms with van der Waals surface area (Å²) in [6.07, 6.45) is 16.3. The Morgan fingerprint density at radius 3 is 2.64 bits per heavy atom. The molecule has 3 saturated carbocycles. The Kier molecular flexibility index (Phi) is 8.80. The van der Waals surface area contributed by atoms with E-state index in [2.05, 4.69) is 40.7 Å². The maximum atomic E-state index is 12.8. The highest BCUT2D eigenvalue weighted by atomic mass is 16.6. The smallest absolute Gasteiger partial charge is 0.344 e. The minimum Gasteiger partial charge on any atom is -0.482 e. The van der Waals surface area contributed by atoms with Crippen LogP contribution in [0.2, 0.25) is 0 Å². The molecule has 4 aliphatic rings. The van der Waals surface area contributed by atoms with Gasteiger partial charge in [-0.05, 0) is 116 Å². The van der Waals surface area contributed by atoms with Crippen LogP contribution in [0, 0.1) is 53.3 Å². The fourth-order valence-electron chi connectivity index (χ4n) is 10.5. The van der Waals surface area contributed by atoms with Crippen molar-refractivity contribution in [3.05, 3.63) is 51.9 Å². The van der Waals surface area contributed by atoms with Crippen LogP contribution in [-0.4, -0.2) is 18.7 Å². The Labute approximate surface area is 264 Å². The molecule has 0 saturated heterocycles. The summed E-state index contributed by atoms with van der Waals surface area (Å²) >= 11 is 0. The lowest BCUT2D eigenvalue weighted by Crippen LogP contribution is -2.51. The zero-order valence-corrected chi connectivity index (χ0v) is 28.0. The molecule has 0 spiro atoms. The second-order valence-electron chi connectivity index (χ2n) is 15.8. The van der Waals surface area contributed by atoms with Crippen LogP contribution < -0.4 is 10.4 Å². The van der Waals surface area contributed by atoms with Gasteiger partial charge in [-0.15, -0.1) is 0 Å². The zero-order valence-electron chi connectivity index (χ0n) is 28.0. The molecule has 3 fully saturated rings. The third-order valence-corrected chi connectivity index (χ3v) is 12.8. The minimum atomic E-state index is -0.393. The molecule has 4 aliphatic carbocycles. The van der Waals surface area contributed by atoms with Gasteiger partial charge < -0.3 is 13.9 Å². The molecule has 0 N–H and O–H groups in total. The van der Waals surface area contributed by atoms with Crippen molar-refractivity contribution in [1.82, 2.24) is 0 Å². The van der Waals surface area contributed by atoms with E-state index in [1.165, 1.54) is 63.0 Å². The van der Waals surface area contributed by atoms with E-state index < -0.39 is 5.63 Å². The molecule has 240 valence electrons. The lowest BCUT2D eigenvalue weighted by atomic mass is 9.47. The molecule has 8 atom stereocenters. The van der Waals surface area contributed by atoms with Gasteiger partial charge in [-0.2, -0.15) is 0 Å². The molecule has 1 aromatic carbocycles. The topological polar surface area (TPSA) is 65.7 Å². The number of allylic oxidation sites excluding steroid dienone is 1. The summed E-state index contributed by atoms with van der Waals surface area (Å²) in [4.78, 5) is 24.6. The normalized spacial score (nSPS) is 33.7. The predicted octanol–water partition coefficient (Wildman–Crippen LogP) is 9.43. The van der Waals surface area contributed by atoms with Crippen molar-refractivity contribution >= 4 is 16.9 Å². The number of rotatable bonds is 9. The standard InChI is InChI=1S/C39H54O5/c1-24(2)8-7-9-25(3)32-14-15-33-31-12-10-27-21-29(16-18-38(27,5)34(31)17-19-39(32,33)6)43-37(41)23-42-28-11-13-30-26(4)20-36(40)44-35(30)22-28/h10-11,13,20,22,24-25,29,31-34H,7-9,12,14-19,21,23H2,1-6H3/t25-,29-,31+,32-,33+,34-,38-,39+/m1/s1. The SMILES string of the molecule is Cc1cc(=O)oc2cc(OCC(=O)O[C@@H]3CC[C@]4(C)C(=CC[C@@H]5[C@H]4CC[C@@]4(C)[C@@H]([C@H](C)CCCC(C)C)CC[C@@H]54)C3)ccc12. The lowest BCUT2D eigenvalue weighted by Gasteiger charge is -2.58. The first-order valence-electron chi connectivity index (χ1n) is 17.5. The van der Waals surface area contributed by atoms with Crippen LogP contribution in [-0.2, 0) is 9.53 Å². The summed E-state index contributed by atoms with van der Waals surface area (Å²) < 4.78 is 17.0. The van der Waals surface area contributed by atoms with E-state index in [1.54, 1.807) is 12.1 Å². The van der Waals surface area contributed by atoms with E-state index in [-0.39, 0.29) is 24.1 Å². The van der Waals surface area contributed by atoms with E-state index >= 15 is 0 Å². The van der Waals surface area contributed by atoms with Crippen LogP contribution in [0.15, 0.2) is 45.1 Å². The number of fused-ring (bicyclic) bond motifs is 6. The largest absolute Gasteiger partial charge is 0.482 e. The number of carbonyl (C=O) groups is 1. The van der Waals surface area contributed by atoms with Crippen LogP contribution in [0.5, 0.6) is 5.75 Å². The van der Waals surface area contributed by atoms with E-state index in [9.17, 15) is 9.59 Å². The Balaban J connectivity index is 1.05. The van der Waals surface area contributed by atoms with Gasteiger partial charge in [-0.25, -0.2) is 9.59 Å². The highest BCUT2D eigenvalue weighted by molar-refractivity contribution is 5.81. The quantitative estimate of drug-likeness (QED) is 0.162. The molecule has 0 unspecified atom stereocenters. The molecule has 0 radical (unpaired) electrons. The number of hydrogen-bond donors (Lipinski definition) is 0. The van der Waals surface area contributed by atoms with Gasteiger partial charge in [0.05, 0.1) is 0 Å². The summed E-state index contributed by atoms with van der Waals surface area (Å²) in [6.45, 7) is 14.2. The Hall–Kier alpha value is -2.56. The number of ether oxygens (including phenoxy) is 2. The van der Waals surface area contributed by atoms with Crippen molar-refractivity contribution in [3.63, 3.8) is 0 Å². The molecule has 0 amide bonds. The monoisotopic (exact) mass is 602 g/mol. The van der Waals surface area contributed by atoms with Crippen molar-refractivity contribution in [1.29, 1.82) is 0 Å². The Bertz CT molecular complexity index is 1450. The molecule has 5 heteroatoms. The molecule has 44 heavy (non-hydrogen) atoms. The first-order valence-corrected chi connectivity index (χ1v) is 17.5. The number of hydrogen-bond acceptors (Lipinski definition) is 5. The van der Waals surface area contributed by atoms with E-state index in [4.69, 9.17) is 13.9 Å². The van der Waals surface area contributed by atoms with Gasteiger partial charge in [0.25, 0.3) is 0 Å². The van der Waals surface area contributed by atoms with Crippen LogP contribution >= 0.6 is 0 Å². The summed E-state index contributed by atoms with van der Waals surface area (Å²) in [5.41, 5.74) is 3.19. The van der Waals surface area contributed by atoms with E-state index in [0.717, 1.165) is 65.7 Å². The number of esters is 1. The van der Waals surface area contributed by atoms with Gasteiger partial charge in [0.15, 0.2) is 6.61 Å². The molecule has 1 heterocycles. The van der Waals surface area contributed by atoms with Gasteiger partial charge in [-0.1, -0.05) is 65.5 Å². The third kappa shape index (κ3) is 5.89. The van der Waals surface area contributed by atoms with Crippen molar-refractivity contribution in [2.75, 3.05) is 6.61 Å². The van der Waals surface area contributed by atoms with Crippen molar-refractivity contribution in [2.24, 2.45) is 46.3 Å².